The number of carbonyl (C=O) groups is 1. The molecule has 2 aliphatic heterocycles. The zero-order chi connectivity index (χ0) is 18.1. The van der Waals surface area contributed by atoms with E-state index in [1.54, 1.807) is 0 Å². The van der Waals surface area contributed by atoms with E-state index in [-0.39, 0.29) is 47.8 Å². The van der Waals surface area contributed by atoms with Gasteiger partial charge in [0.05, 0.1) is 10.3 Å². The fourth-order valence-corrected chi connectivity index (χ4v) is 5.19. The Morgan fingerprint density at radius 1 is 1.27 bits per heavy atom. The van der Waals surface area contributed by atoms with Crippen molar-refractivity contribution in [2.45, 2.75) is 49.6 Å². The molecule has 26 heavy (non-hydrogen) atoms. The van der Waals surface area contributed by atoms with Crippen molar-refractivity contribution in [3.05, 3.63) is 29.3 Å². The lowest BCUT2D eigenvalue weighted by Crippen LogP contribution is -2.49. The Hall–Kier alpha value is -0.860. The van der Waals surface area contributed by atoms with E-state index in [1.807, 2.05) is 6.92 Å². The van der Waals surface area contributed by atoms with Crippen LogP contribution in [-0.4, -0.2) is 39.5 Å². The first-order valence-corrected chi connectivity index (χ1v) is 10.5. The Kier molecular flexibility index (Phi) is 6.96. The largest absolute Gasteiger partial charge is 0.354 e. The molecule has 2 aliphatic rings. The van der Waals surface area contributed by atoms with Gasteiger partial charge in [-0.2, -0.15) is 0 Å². The smallest absolute Gasteiger partial charge is 0.240 e. The molecule has 2 fully saturated rings. The highest BCUT2D eigenvalue weighted by Crippen LogP contribution is 2.45. The van der Waals surface area contributed by atoms with Crippen LogP contribution in [0, 0.1) is 5.41 Å². The second-order valence-electron chi connectivity index (χ2n) is 6.81. The van der Waals surface area contributed by atoms with Crippen molar-refractivity contribution in [1.82, 2.24) is 15.4 Å². The number of amides is 1. The number of hydrogen-bond donors (Lipinski definition) is 3. The third kappa shape index (κ3) is 4.17. The normalized spacial score (nSPS) is 27.2. The number of rotatable bonds is 7. The standard InChI is InChI=1S/C17H24ClN3O3S.ClH/c1-2-17(11-13-5-8-15(17)21-13)16(22)19-9-10-20-25(23,24)14-6-3-12(18)4-7-14;/h3-4,6-7,13,15,20-21H,2,5,8-11H2,1H3,(H,19,22);1H/t13-,15+,17+;/m0./s1. The molecule has 146 valence electrons. The molecule has 9 heteroatoms. The van der Waals surface area contributed by atoms with Crippen LogP contribution in [0.4, 0.5) is 0 Å². The molecule has 1 amide bonds. The molecule has 2 saturated heterocycles. The van der Waals surface area contributed by atoms with Gasteiger partial charge in [0.25, 0.3) is 0 Å². The van der Waals surface area contributed by atoms with Crippen molar-refractivity contribution in [2.24, 2.45) is 5.41 Å². The van der Waals surface area contributed by atoms with Gasteiger partial charge in [0, 0.05) is 30.2 Å². The molecule has 3 N–H and O–H groups in total. The lowest BCUT2D eigenvalue weighted by atomic mass is 9.71. The van der Waals surface area contributed by atoms with Gasteiger partial charge in [-0.15, -0.1) is 12.4 Å². The predicted molar refractivity (Wildman–Crippen MR) is 104 cm³/mol. The summed E-state index contributed by atoms with van der Waals surface area (Å²) in [6, 6.07) is 6.66. The van der Waals surface area contributed by atoms with E-state index >= 15 is 0 Å². The molecule has 2 bridgehead atoms. The summed E-state index contributed by atoms with van der Waals surface area (Å²) in [5.74, 6) is 0.0281. The maximum Gasteiger partial charge on any atom is 0.240 e. The van der Waals surface area contributed by atoms with Gasteiger partial charge in [-0.1, -0.05) is 18.5 Å². The molecule has 0 spiro atoms. The van der Waals surface area contributed by atoms with Crippen molar-refractivity contribution >= 4 is 39.9 Å². The fraction of sp³-hybridized carbons (Fsp3) is 0.588. The first-order chi connectivity index (χ1) is 11.9. The van der Waals surface area contributed by atoms with Crippen molar-refractivity contribution in [3.8, 4) is 0 Å². The lowest BCUT2D eigenvalue weighted by Gasteiger charge is -2.34. The maximum atomic E-state index is 12.7. The molecule has 0 saturated carbocycles. The van der Waals surface area contributed by atoms with Gasteiger partial charge in [-0.3, -0.25) is 4.79 Å². The average molecular weight is 422 g/mol. The zero-order valence-electron chi connectivity index (χ0n) is 14.6. The summed E-state index contributed by atoms with van der Waals surface area (Å²) < 4.78 is 26.9. The summed E-state index contributed by atoms with van der Waals surface area (Å²) in [7, 11) is -3.60. The van der Waals surface area contributed by atoms with Crippen molar-refractivity contribution in [2.75, 3.05) is 13.1 Å². The lowest BCUT2D eigenvalue weighted by molar-refractivity contribution is -0.132. The minimum Gasteiger partial charge on any atom is -0.354 e. The molecule has 1 aromatic carbocycles. The van der Waals surface area contributed by atoms with Crippen LogP contribution in [0.25, 0.3) is 0 Å². The zero-order valence-corrected chi connectivity index (χ0v) is 17.0. The molecule has 0 aromatic heterocycles. The van der Waals surface area contributed by atoms with E-state index in [9.17, 15) is 13.2 Å². The summed E-state index contributed by atoms with van der Waals surface area (Å²) in [5, 5.41) is 6.90. The number of hydrogen-bond acceptors (Lipinski definition) is 4. The van der Waals surface area contributed by atoms with Gasteiger partial charge in [0.15, 0.2) is 0 Å². The number of halogens is 2. The third-order valence-electron chi connectivity index (χ3n) is 5.43. The van der Waals surface area contributed by atoms with Crippen molar-refractivity contribution in [1.29, 1.82) is 0 Å². The second-order valence-corrected chi connectivity index (χ2v) is 9.02. The molecule has 6 nitrogen and oxygen atoms in total. The molecule has 2 heterocycles. The summed E-state index contributed by atoms with van der Waals surface area (Å²) in [5.41, 5.74) is -0.349. The molecule has 0 aliphatic carbocycles. The van der Waals surface area contributed by atoms with E-state index in [4.69, 9.17) is 11.6 Å². The Morgan fingerprint density at radius 3 is 2.50 bits per heavy atom. The van der Waals surface area contributed by atoms with E-state index in [0.29, 0.717) is 11.1 Å². The van der Waals surface area contributed by atoms with Gasteiger partial charge in [0.1, 0.15) is 0 Å². The highest BCUT2D eigenvalue weighted by Gasteiger charge is 2.54. The minimum atomic E-state index is -3.60. The SMILES string of the molecule is CC[C@@]1(C(=O)NCCNS(=O)(=O)c2ccc(Cl)cc2)C[C@@H]2CC[C@H]1N2.Cl. The molecular weight excluding hydrogens is 397 g/mol. The first kappa shape index (κ1) is 21.4. The summed E-state index contributed by atoms with van der Waals surface area (Å²) >= 11 is 5.77. The van der Waals surface area contributed by atoms with Gasteiger partial charge < -0.3 is 10.6 Å². The van der Waals surface area contributed by atoms with Gasteiger partial charge >= 0.3 is 0 Å². The van der Waals surface area contributed by atoms with Gasteiger partial charge in [-0.05, 0) is 49.9 Å². The van der Waals surface area contributed by atoms with E-state index < -0.39 is 10.0 Å². The number of sulfonamides is 1. The Labute approximate surface area is 165 Å². The highest BCUT2D eigenvalue weighted by atomic mass is 35.5. The topological polar surface area (TPSA) is 87.3 Å². The predicted octanol–water partition coefficient (Wildman–Crippen LogP) is 2.08. The quantitative estimate of drug-likeness (QED) is 0.588. The number of fused-ring (bicyclic) bond motifs is 2. The highest BCUT2D eigenvalue weighted by molar-refractivity contribution is 7.89. The molecule has 3 rings (SSSR count). The average Bonchev–Trinajstić information content (AvgIpc) is 3.20. The number of benzene rings is 1. The third-order valence-corrected chi connectivity index (χ3v) is 7.16. The summed E-state index contributed by atoms with van der Waals surface area (Å²) in [4.78, 5) is 12.8. The van der Waals surface area contributed by atoms with E-state index in [0.717, 1.165) is 25.7 Å². The Balaban J connectivity index is 0.00000243. The van der Waals surface area contributed by atoms with Crippen molar-refractivity contribution in [3.63, 3.8) is 0 Å². The van der Waals surface area contributed by atoms with Gasteiger partial charge in [0.2, 0.25) is 15.9 Å². The van der Waals surface area contributed by atoms with E-state index in [1.165, 1.54) is 24.3 Å². The molecule has 3 atom stereocenters. The van der Waals surface area contributed by atoms with Crippen LogP contribution in [0.3, 0.4) is 0 Å². The fourth-order valence-electron chi connectivity index (χ4n) is 4.03. The van der Waals surface area contributed by atoms with Crippen LogP contribution in [0.5, 0.6) is 0 Å². The second kappa shape index (κ2) is 8.44. The van der Waals surface area contributed by atoms with Crippen LogP contribution >= 0.6 is 24.0 Å². The Morgan fingerprint density at radius 2 is 1.96 bits per heavy atom. The van der Waals surface area contributed by atoms with Crippen LogP contribution in [0.1, 0.15) is 32.6 Å². The minimum absolute atomic E-state index is 0. The Bertz CT molecular complexity index is 742. The number of carbonyl (C=O) groups excluding carboxylic acids is 1. The maximum absolute atomic E-state index is 12.7. The van der Waals surface area contributed by atoms with E-state index in [2.05, 4.69) is 15.4 Å². The molecule has 0 radical (unpaired) electrons. The van der Waals surface area contributed by atoms with Crippen LogP contribution in [-0.2, 0) is 14.8 Å². The number of nitrogens with one attached hydrogen (secondary N) is 3. The van der Waals surface area contributed by atoms with Crippen LogP contribution in [0.2, 0.25) is 5.02 Å². The molecular formula is C17H25Cl2N3O3S. The molecule has 1 aromatic rings. The first-order valence-electron chi connectivity index (χ1n) is 8.67. The summed E-state index contributed by atoms with van der Waals surface area (Å²) in [6.07, 6.45) is 3.84. The van der Waals surface area contributed by atoms with Gasteiger partial charge in [-0.25, -0.2) is 13.1 Å². The molecule has 0 unspecified atom stereocenters. The van der Waals surface area contributed by atoms with Crippen LogP contribution in [0.15, 0.2) is 29.2 Å². The van der Waals surface area contributed by atoms with Crippen molar-refractivity contribution < 1.29 is 13.2 Å². The monoisotopic (exact) mass is 421 g/mol. The summed E-state index contributed by atoms with van der Waals surface area (Å²) in [6.45, 7) is 2.47. The van der Waals surface area contributed by atoms with Crippen LogP contribution < -0.4 is 15.4 Å².